The maximum atomic E-state index is 14.6. The Bertz CT molecular complexity index is 554. The molecule has 0 radical (unpaired) electrons. The largest absolute Gasteiger partial charge is 0.409 e. The van der Waals surface area contributed by atoms with Crippen LogP contribution in [-0.4, -0.2) is 48.2 Å². The van der Waals surface area contributed by atoms with E-state index < -0.39 is 0 Å². The Morgan fingerprint density at radius 2 is 1.95 bits per heavy atom. The van der Waals surface area contributed by atoms with E-state index in [2.05, 4.69) is 46.9 Å². The lowest BCUT2D eigenvalue weighted by Gasteiger charge is -2.43. The maximum Gasteiger partial charge on any atom is 0.171 e. The summed E-state index contributed by atoms with van der Waals surface area (Å²) in [5.41, 5.74) is 6.41. The van der Waals surface area contributed by atoms with Gasteiger partial charge in [0.05, 0.1) is 10.2 Å². The molecule has 0 saturated carbocycles. The number of benzene rings is 1. The van der Waals surface area contributed by atoms with E-state index in [1.807, 2.05) is 4.90 Å². The molecule has 2 unspecified atom stereocenters. The molecule has 0 aliphatic carbocycles. The molecule has 7 heteroatoms. The zero-order valence-electron chi connectivity index (χ0n) is 12.3. The van der Waals surface area contributed by atoms with Gasteiger partial charge in [-0.1, -0.05) is 5.16 Å². The summed E-state index contributed by atoms with van der Waals surface area (Å²) in [6.07, 6.45) is 0. The minimum atomic E-state index is -0.386. The number of hydrogen-bond donors (Lipinski definition) is 2. The van der Waals surface area contributed by atoms with Gasteiger partial charge in [-0.15, -0.1) is 0 Å². The first-order valence-corrected chi connectivity index (χ1v) is 7.58. The van der Waals surface area contributed by atoms with E-state index in [0.29, 0.717) is 23.3 Å². The van der Waals surface area contributed by atoms with Gasteiger partial charge in [-0.25, -0.2) is 4.39 Å². The van der Waals surface area contributed by atoms with Crippen LogP contribution in [0.3, 0.4) is 0 Å². The number of piperazine rings is 1. The third kappa shape index (κ3) is 2.98. The van der Waals surface area contributed by atoms with Crippen LogP contribution in [-0.2, 0) is 0 Å². The highest BCUT2D eigenvalue weighted by Crippen LogP contribution is 2.31. The number of oxime groups is 1. The van der Waals surface area contributed by atoms with Gasteiger partial charge in [-0.2, -0.15) is 0 Å². The van der Waals surface area contributed by atoms with Crippen molar-refractivity contribution in [1.82, 2.24) is 4.90 Å². The van der Waals surface area contributed by atoms with Gasteiger partial charge in [0.15, 0.2) is 11.7 Å². The number of rotatable bonds is 2. The molecule has 2 atom stereocenters. The van der Waals surface area contributed by atoms with Crippen LogP contribution in [0.2, 0.25) is 0 Å². The van der Waals surface area contributed by atoms with Crippen molar-refractivity contribution in [2.24, 2.45) is 10.9 Å². The number of amidine groups is 1. The van der Waals surface area contributed by atoms with Crippen molar-refractivity contribution in [3.05, 3.63) is 28.0 Å². The SMILES string of the molecule is CC1CN(c2ccc(/C(N)=N/O)c(Br)c2F)CC(C)N1C. The molecule has 0 aromatic heterocycles. The van der Waals surface area contributed by atoms with Gasteiger partial charge in [-0.05, 0) is 49.0 Å². The third-order valence-corrected chi connectivity index (χ3v) is 4.92. The molecule has 21 heavy (non-hydrogen) atoms. The molecule has 0 amide bonds. The summed E-state index contributed by atoms with van der Waals surface area (Å²) in [4.78, 5) is 4.32. The van der Waals surface area contributed by atoms with Crippen LogP contribution in [0, 0.1) is 5.82 Å². The highest BCUT2D eigenvalue weighted by molar-refractivity contribution is 9.10. The molecule has 1 fully saturated rings. The van der Waals surface area contributed by atoms with E-state index in [9.17, 15) is 4.39 Å². The van der Waals surface area contributed by atoms with Gasteiger partial charge in [0, 0.05) is 30.7 Å². The molecule has 0 spiro atoms. The maximum absolute atomic E-state index is 14.6. The summed E-state index contributed by atoms with van der Waals surface area (Å²) < 4.78 is 14.8. The number of hydrogen-bond acceptors (Lipinski definition) is 4. The molecule has 116 valence electrons. The smallest absolute Gasteiger partial charge is 0.171 e. The van der Waals surface area contributed by atoms with Crippen molar-refractivity contribution in [1.29, 1.82) is 0 Å². The molecule has 1 aliphatic rings. The second kappa shape index (κ2) is 6.19. The zero-order chi connectivity index (χ0) is 15.7. The fourth-order valence-electron chi connectivity index (χ4n) is 2.64. The van der Waals surface area contributed by atoms with Gasteiger partial charge in [0.25, 0.3) is 0 Å². The van der Waals surface area contributed by atoms with Gasteiger partial charge < -0.3 is 15.8 Å². The fourth-order valence-corrected chi connectivity index (χ4v) is 3.17. The van der Waals surface area contributed by atoms with Gasteiger partial charge in [0.2, 0.25) is 0 Å². The summed E-state index contributed by atoms with van der Waals surface area (Å²) in [6.45, 7) is 5.76. The Balaban J connectivity index is 2.36. The van der Waals surface area contributed by atoms with E-state index in [1.54, 1.807) is 12.1 Å². The van der Waals surface area contributed by atoms with Gasteiger partial charge >= 0.3 is 0 Å². The van der Waals surface area contributed by atoms with Crippen LogP contribution in [0.5, 0.6) is 0 Å². The Morgan fingerprint density at radius 1 is 1.38 bits per heavy atom. The average Bonchev–Trinajstić information content (AvgIpc) is 2.46. The van der Waals surface area contributed by atoms with E-state index in [1.165, 1.54) is 0 Å². The summed E-state index contributed by atoms with van der Waals surface area (Å²) in [7, 11) is 2.08. The quantitative estimate of drug-likeness (QED) is 0.368. The lowest BCUT2D eigenvalue weighted by molar-refractivity contribution is 0.169. The Morgan fingerprint density at radius 3 is 2.48 bits per heavy atom. The molecule has 1 heterocycles. The summed E-state index contributed by atoms with van der Waals surface area (Å²) in [5.74, 6) is -0.504. The van der Waals surface area contributed by atoms with E-state index in [-0.39, 0.29) is 16.1 Å². The fraction of sp³-hybridized carbons (Fsp3) is 0.500. The van der Waals surface area contributed by atoms with Crippen molar-refractivity contribution >= 4 is 27.5 Å². The molecule has 5 nitrogen and oxygen atoms in total. The normalized spacial score (nSPS) is 24.4. The standard InChI is InChI=1S/C14H20BrFN4O/c1-8-6-20(7-9(2)19(8)3)11-5-4-10(14(17)18-21)12(15)13(11)16/h4-5,8-9,21H,6-7H2,1-3H3,(H2,17,18). The first kappa shape index (κ1) is 16.0. The molecule has 3 N–H and O–H groups in total. The number of likely N-dealkylation sites (N-methyl/N-ethyl adjacent to an activating group) is 1. The predicted octanol–water partition coefficient (Wildman–Crippen LogP) is 2.21. The van der Waals surface area contributed by atoms with E-state index >= 15 is 0 Å². The lowest BCUT2D eigenvalue weighted by atomic mass is 10.1. The van der Waals surface area contributed by atoms with Crippen molar-refractivity contribution in [3.63, 3.8) is 0 Å². The molecule has 1 aromatic carbocycles. The summed E-state index contributed by atoms with van der Waals surface area (Å²) >= 11 is 3.20. The summed E-state index contributed by atoms with van der Waals surface area (Å²) in [6, 6.07) is 4.02. The van der Waals surface area contributed by atoms with E-state index in [0.717, 1.165) is 13.1 Å². The van der Waals surface area contributed by atoms with Gasteiger partial charge in [0.1, 0.15) is 0 Å². The van der Waals surface area contributed by atoms with Crippen molar-refractivity contribution in [2.75, 3.05) is 25.0 Å². The molecule has 2 rings (SSSR count). The van der Waals surface area contributed by atoms with Crippen LogP contribution in [0.15, 0.2) is 21.8 Å². The number of halogens is 2. The lowest BCUT2D eigenvalue weighted by Crippen LogP contribution is -2.55. The van der Waals surface area contributed by atoms with Gasteiger partial charge in [-0.3, -0.25) is 4.90 Å². The molecule has 1 saturated heterocycles. The van der Waals surface area contributed by atoms with Crippen LogP contribution in [0.4, 0.5) is 10.1 Å². The third-order valence-electron chi connectivity index (χ3n) is 4.15. The van der Waals surface area contributed by atoms with Crippen LogP contribution < -0.4 is 10.6 Å². The van der Waals surface area contributed by atoms with Crippen LogP contribution in [0.25, 0.3) is 0 Å². The van der Waals surface area contributed by atoms with Crippen molar-refractivity contribution in [3.8, 4) is 0 Å². The minimum absolute atomic E-state index is 0.118. The molecule has 1 aromatic rings. The van der Waals surface area contributed by atoms with Crippen LogP contribution in [0.1, 0.15) is 19.4 Å². The number of anilines is 1. The molecular weight excluding hydrogens is 339 g/mol. The minimum Gasteiger partial charge on any atom is -0.409 e. The second-order valence-corrected chi connectivity index (χ2v) is 6.31. The number of nitrogens with two attached hydrogens (primary N) is 1. The highest BCUT2D eigenvalue weighted by Gasteiger charge is 2.28. The average molecular weight is 359 g/mol. The Labute approximate surface area is 132 Å². The van der Waals surface area contributed by atoms with Crippen molar-refractivity contribution in [2.45, 2.75) is 25.9 Å². The molecule has 0 bridgehead atoms. The Hall–Kier alpha value is -1.34. The monoisotopic (exact) mass is 358 g/mol. The van der Waals surface area contributed by atoms with E-state index in [4.69, 9.17) is 10.9 Å². The first-order valence-electron chi connectivity index (χ1n) is 6.79. The molecular formula is C14H20BrFN4O. The molecule has 1 aliphatic heterocycles. The topological polar surface area (TPSA) is 65.1 Å². The van der Waals surface area contributed by atoms with Crippen LogP contribution >= 0.6 is 15.9 Å². The summed E-state index contributed by atoms with van der Waals surface area (Å²) in [5, 5.41) is 11.6. The second-order valence-electron chi connectivity index (χ2n) is 5.51. The first-order chi connectivity index (χ1) is 9.86. The highest BCUT2D eigenvalue weighted by atomic mass is 79.9. The van der Waals surface area contributed by atoms with Crippen molar-refractivity contribution < 1.29 is 9.60 Å². The Kier molecular flexibility index (Phi) is 4.73. The zero-order valence-corrected chi connectivity index (χ0v) is 13.9. The predicted molar refractivity (Wildman–Crippen MR) is 85.5 cm³/mol. The number of nitrogens with zero attached hydrogens (tertiary/aromatic N) is 3.